The number of hydrogen-bond donors (Lipinski definition) is 0. The van der Waals surface area contributed by atoms with Gasteiger partial charge in [-0.1, -0.05) is 39.6 Å². The zero-order chi connectivity index (χ0) is 18.8. The number of benzene rings is 1. The highest BCUT2D eigenvalue weighted by Gasteiger charge is 2.31. The van der Waals surface area contributed by atoms with Gasteiger partial charge in [-0.05, 0) is 57.8 Å². The van der Waals surface area contributed by atoms with Crippen molar-refractivity contribution in [2.45, 2.75) is 45.1 Å². The van der Waals surface area contributed by atoms with Gasteiger partial charge in [0.2, 0.25) is 0 Å². The topological polar surface area (TPSA) is 49.6 Å². The van der Waals surface area contributed by atoms with Crippen LogP contribution in [-0.4, -0.2) is 53.1 Å². The minimum Gasteiger partial charge on any atom is -0.360 e. The second-order valence-corrected chi connectivity index (χ2v) is 8.50. The highest BCUT2D eigenvalue weighted by molar-refractivity contribution is 9.10. The minimum absolute atomic E-state index is 0.0452. The summed E-state index contributed by atoms with van der Waals surface area (Å²) >= 11 is 3.45. The summed E-state index contributed by atoms with van der Waals surface area (Å²) in [6.07, 6.45) is 6.11. The van der Waals surface area contributed by atoms with E-state index in [-0.39, 0.29) is 5.91 Å². The van der Waals surface area contributed by atoms with Gasteiger partial charge >= 0.3 is 0 Å². The van der Waals surface area contributed by atoms with E-state index in [9.17, 15) is 4.79 Å². The molecule has 0 bridgehead atoms. The third kappa shape index (κ3) is 3.97. The Morgan fingerprint density at radius 1 is 1.07 bits per heavy atom. The maximum absolute atomic E-state index is 13.2. The summed E-state index contributed by atoms with van der Waals surface area (Å²) in [5.41, 5.74) is 2.15. The zero-order valence-corrected chi connectivity index (χ0v) is 17.4. The van der Waals surface area contributed by atoms with Gasteiger partial charge in [0, 0.05) is 29.2 Å². The molecule has 0 N–H and O–H groups in total. The van der Waals surface area contributed by atoms with Gasteiger partial charge in [0.1, 0.15) is 17.0 Å². The Morgan fingerprint density at radius 3 is 2.41 bits per heavy atom. The van der Waals surface area contributed by atoms with Crippen LogP contribution in [0.1, 0.15) is 48.2 Å². The van der Waals surface area contributed by atoms with E-state index in [1.54, 1.807) is 0 Å². The SMILES string of the molecule is Cc1onc(-c2ccc(Br)cc2)c1C(=O)N1CCC(N2CCCCC2)CC1. The Bertz CT molecular complexity index is 788. The molecule has 2 saturated heterocycles. The van der Waals surface area contributed by atoms with Crippen LogP contribution < -0.4 is 0 Å². The summed E-state index contributed by atoms with van der Waals surface area (Å²) in [5.74, 6) is 0.639. The van der Waals surface area contributed by atoms with Crippen molar-refractivity contribution in [1.29, 1.82) is 0 Å². The molecule has 0 saturated carbocycles. The first-order valence-corrected chi connectivity index (χ1v) is 10.7. The number of aryl methyl sites for hydroxylation is 1. The molecule has 3 heterocycles. The Hall–Kier alpha value is -1.66. The molecule has 27 heavy (non-hydrogen) atoms. The summed E-state index contributed by atoms with van der Waals surface area (Å²) < 4.78 is 6.39. The van der Waals surface area contributed by atoms with Crippen LogP contribution in [0, 0.1) is 6.92 Å². The molecule has 0 atom stereocenters. The molecule has 144 valence electrons. The first-order chi connectivity index (χ1) is 13.1. The van der Waals surface area contributed by atoms with Crippen molar-refractivity contribution in [2.75, 3.05) is 26.2 Å². The van der Waals surface area contributed by atoms with Crippen LogP contribution >= 0.6 is 15.9 Å². The number of amides is 1. The average molecular weight is 432 g/mol. The van der Waals surface area contributed by atoms with Crippen LogP contribution in [-0.2, 0) is 0 Å². The van der Waals surface area contributed by atoms with E-state index in [1.165, 1.54) is 32.4 Å². The Balaban J connectivity index is 1.47. The molecule has 6 heteroatoms. The molecule has 2 fully saturated rings. The van der Waals surface area contributed by atoms with Crippen molar-refractivity contribution in [3.63, 3.8) is 0 Å². The first kappa shape index (κ1) is 18.7. The number of likely N-dealkylation sites (tertiary alicyclic amines) is 2. The molecule has 4 rings (SSSR count). The lowest BCUT2D eigenvalue weighted by molar-refractivity contribution is 0.0589. The Labute approximate surface area is 168 Å². The van der Waals surface area contributed by atoms with Crippen molar-refractivity contribution in [2.24, 2.45) is 0 Å². The standard InChI is InChI=1S/C21H26BrN3O2/c1-15-19(20(23-27-15)16-5-7-17(22)8-6-16)21(26)25-13-9-18(10-14-25)24-11-3-2-4-12-24/h5-8,18H,2-4,9-14H2,1H3. The predicted octanol–water partition coefficient (Wildman–Crippen LogP) is 4.50. The van der Waals surface area contributed by atoms with Crippen molar-refractivity contribution < 1.29 is 9.32 Å². The van der Waals surface area contributed by atoms with Gasteiger partial charge in [0.05, 0.1) is 0 Å². The maximum Gasteiger partial charge on any atom is 0.259 e. The van der Waals surface area contributed by atoms with Crippen LogP contribution in [0.3, 0.4) is 0 Å². The molecule has 0 unspecified atom stereocenters. The molecule has 2 aromatic rings. The van der Waals surface area contributed by atoms with Crippen molar-refractivity contribution in [3.05, 3.63) is 40.1 Å². The molecule has 5 nitrogen and oxygen atoms in total. The highest BCUT2D eigenvalue weighted by Crippen LogP contribution is 2.29. The van der Waals surface area contributed by atoms with Gasteiger partial charge in [-0.2, -0.15) is 0 Å². The molecular weight excluding hydrogens is 406 g/mol. The van der Waals surface area contributed by atoms with E-state index in [1.807, 2.05) is 36.1 Å². The predicted molar refractivity (Wildman–Crippen MR) is 109 cm³/mol. The summed E-state index contributed by atoms with van der Waals surface area (Å²) in [5, 5.41) is 4.17. The number of aromatic nitrogens is 1. The lowest BCUT2D eigenvalue weighted by Crippen LogP contribution is -2.48. The van der Waals surface area contributed by atoms with Gasteiger partial charge in [0.15, 0.2) is 0 Å². The van der Waals surface area contributed by atoms with Gasteiger partial charge in [-0.3, -0.25) is 4.79 Å². The van der Waals surface area contributed by atoms with Gasteiger partial charge < -0.3 is 14.3 Å². The van der Waals surface area contributed by atoms with Gasteiger partial charge in [0.25, 0.3) is 5.91 Å². The normalized spacial score (nSPS) is 19.4. The van der Waals surface area contributed by atoms with Gasteiger partial charge in [-0.25, -0.2) is 0 Å². The van der Waals surface area contributed by atoms with Crippen molar-refractivity contribution in [1.82, 2.24) is 15.0 Å². The second-order valence-electron chi connectivity index (χ2n) is 7.59. The zero-order valence-electron chi connectivity index (χ0n) is 15.8. The number of halogens is 1. The molecule has 0 radical (unpaired) electrons. The summed E-state index contributed by atoms with van der Waals surface area (Å²) in [4.78, 5) is 17.8. The van der Waals surface area contributed by atoms with Crippen LogP contribution in [0.15, 0.2) is 33.3 Å². The molecule has 1 aromatic heterocycles. The van der Waals surface area contributed by atoms with E-state index < -0.39 is 0 Å². The lowest BCUT2D eigenvalue weighted by Gasteiger charge is -2.40. The van der Waals surface area contributed by atoms with E-state index in [0.29, 0.717) is 23.1 Å². The molecule has 0 spiro atoms. The number of nitrogens with zero attached hydrogens (tertiary/aromatic N) is 3. The molecule has 0 aliphatic carbocycles. The third-order valence-electron chi connectivity index (χ3n) is 5.85. The van der Waals surface area contributed by atoms with E-state index in [2.05, 4.69) is 26.0 Å². The number of carbonyl (C=O) groups excluding carboxylic acids is 1. The first-order valence-electron chi connectivity index (χ1n) is 9.89. The fourth-order valence-electron chi connectivity index (χ4n) is 4.30. The van der Waals surface area contributed by atoms with Crippen LogP contribution in [0.2, 0.25) is 0 Å². The van der Waals surface area contributed by atoms with E-state index in [0.717, 1.165) is 36.0 Å². The maximum atomic E-state index is 13.2. The Kier molecular flexibility index (Phi) is 5.64. The van der Waals surface area contributed by atoms with Crippen molar-refractivity contribution >= 4 is 21.8 Å². The van der Waals surface area contributed by atoms with Gasteiger partial charge in [-0.15, -0.1) is 0 Å². The van der Waals surface area contributed by atoms with E-state index in [4.69, 9.17) is 4.52 Å². The van der Waals surface area contributed by atoms with E-state index >= 15 is 0 Å². The highest BCUT2D eigenvalue weighted by atomic mass is 79.9. The number of carbonyl (C=O) groups is 1. The number of rotatable bonds is 3. The summed E-state index contributed by atoms with van der Waals surface area (Å²) in [6.45, 7) is 5.88. The summed E-state index contributed by atoms with van der Waals surface area (Å²) in [7, 11) is 0. The molecule has 1 aromatic carbocycles. The smallest absolute Gasteiger partial charge is 0.259 e. The second kappa shape index (κ2) is 8.15. The monoisotopic (exact) mass is 431 g/mol. The molecular formula is C21H26BrN3O2. The number of hydrogen-bond acceptors (Lipinski definition) is 4. The minimum atomic E-state index is 0.0452. The Morgan fingerprint density at radius 2 is 1.74 bits per heavy atom. The van der Waals surface area contributed by atoms with Crippen LogP contribution in [0.25, 0.3) is 11.3 Å². The number of piperidine rings is 2. The fourth-order valence-corrected chi connectivity index (χ4v) is 4.57. The third-order valence-corrected chi connectivity index (χ3v) is 6.38. The van der Waals surface area contributed by atoms with Crippen molar-refractivity contribution in [3.8, 4) is 11.3 Å². The van der Waals surface area contributed by atoms with Crippen LogP contribution in [0.5, 0.6) is 0 Å². The molecule has 2 aliphatic rings. The summed E-state index contributed by atoms with van der Waals surface area (Å²) in [6, 6.07) is 8.46. The lowest BCUT2D eigenvalue weighted by atomic mass is 9.98. The molecule has 2 aliphatic heterocycles. The fraction of sp³-hybridized carbons (Fsp3) is 0.524. The quantitative estimate of drug-likeness (QED) is 0.717. The largest absolute Gasteiger partial charge is 0.360 e. The average Bonchev–Trinajstić information content (AvgIpc) is 3.10. The molecule has 1 amide bonds. The van der Waals surface area contributed by atoms with Crippen LogP contribution in [0.4, 0.5) is 0 Å².